The Kier molecular flexibility index (Phi) is 9.20. The first kappa shape index (κ1) is 29.0. The van der Waals surface area contributed by atoms with Crippen LogP contribution in [-0.4, -0.2) is 61.3 Å². The van der Waals surface area contributed by atoms with Gasteiger partial charge in [0.2, 0.25) is 5.91 Å². The van der Waals surface area contributed by atoms with Gasteiger partial charge < -0.3 is 25.8 Å². The number of halogens is 4. The number of aromatic nitrogens is 2. The van der Waals surface area contributed by atoms with Gasteiger partial charge >= 0.3 is 6.18 Å². The normalized spacial score (nSPS) is 11.2. The number of anilines is 6. The third kappa shape index (κ3) is 7.74. The number of rotatable bonds is 11. The molecule has 0 aliphatic heterocycles. The minimum Gasteiger partial charge on any atom is -0.372 e. The van der Waals surface area contributed by atoms with E-state index in [-0.39, 0.29) is 22.9 Å². The topological polar surface area (TPSA) is 102 Å². The fourth-order valence-corrected chi connectivity index (χ4v) is 3.48. The summed E-state index contributed by atoms with van der Waals surface area (Å²) >= 11 is 0. The highest BCUT2D eigenvalue weighted by atomic mass is 19.4. The lowest BCUT2D eigenvalue weighted by Gasteiger charge is -2.25. The molecule has 0 atom stereocenters. The first-order valence-electron chi connectivity index (χ1n) is 11.6. The van der Waals surface area contributed by atoms with Crippen molar-refractivity contribution in [2.45, 2.75) is 6.18 Å². The van der Waals surface area contributed by atoms with E-state index >= 15 is 0 Å². The maximum absolute atomic E-state index is 13.6. The Morgan fingerprint density at radius 2 is 1.69 bits per heavy atom. The Hall–Kier alpha value is -4.52. The maximum atomic E-state index is 13.6. The number of hydrogen-bond donors (Lipinski definition) is 3. The molecule has 0 unspecified atom stereocenters. The van der Waals surface area contributed by atoms with Crippen LogP contribution in [0.1, 0.15) is 15.9 Å². The number of hydrogen-bond acceptors (Lipinski definition) is 8. The lowest BCUT2D eigenvalue weighted by atomic mass is 10.1. The molecule has 39 heavy (non-hydrogen) atoms. The van der Waals surface area contributed by atoms with Gasteiger partial charge in [0, 0.05) is 37.5 Å². The lowest BCUT2D eigenvalue weighted by Crippen LogP contribution is -2.29. The fourth-order valence-electron chi connectivity index (χ4n) is 3.48. The molecule has 0 spiro atoms. The predicted octanol–water partition coefficient (Wildman–Crippen LogP) is 5.06. The summed E-state index contributed by atoms with van der Waals surface area (Å²) in [6.45, 7) is 4.80. The molecule has 0 saturated heterocycles. The standard InChI is InChI=1S/C26H27F4N7O2/c1-5-25(39)35-21-12-20(16(14-38)10-22(21)37(4)9-8-36(2)3)34-24-13-23(31-15-32-24)33-17-6-7-19(27)18(11-17)26(28,29)30/h5-7,10-15H,1,8-9H2,2-4H3,(H,35,39)(H2,31,32,33,34). The lowest BCUT2D eigenvalue weighted by molar-refractivity contribution is -0.139. The number of aldehydes is 1. The zero-order valence-electron chi connectivity index (χ0n) is 21.4. The van der Waals surface area contributed by atoms with Crippen LogP contribution < -0.4 is 20.9 Å². The average molecular weight is 546 g/mol. The Bertz CT molecular complexity index is 1360. The van der Waals surface area contributed by atoms with E-state index in [0.717, 1.165) is 25.0 Å². The smallest absolute Gasteiger partial charge is 0.372 e. The second-order valence-corrected chi connectivity index (χ2v) is 8.72. The molecule has 13 heteroatoms. The summed E-state index contributed by atoms with van der Waals surface area (Å²) < 4.78 is 52.8. The zero-order chi connectivity index (χ0) is 28.7. The van der Waals surface area contributed by atoms with Crippen LogP contribution in [0.4, 0.5) is 51.9 Å². The van der Waals surface area contributed by atoms with Gasteiger partial charge in [0.1, 0.15) is 23.8 Å². The number of nitrogens with one attached hydrogen (secondary N) is 3. The largest absolute Gasteiger partial charge is 0.419 e. The van der Waals surface area contributed by atoms with E-state index in [1.165, 1.54) is 6.07 Å². The van der Waals surface area contributed by atoms with Gasteiger partial charge in [-0.1, -0.05) is 6.58 Å². The summed E-state index contributed by atoms with van der Waals surface area (Å²) in [5, 5.41) is 8.40. The first-order valence-corrected chi connectivity index (χ1v) is 11.6. The molecule has 0 aliphatic carbocycles. The van der Waals surface area contributed by atoms with E-state index in [1.807, 2.05) is 30.9 Å². The number of alkyl halides is 3. The molecule has 1 amide bonds. The second-order valence-electron chi connectivity index (χ2n) is 8.72. The van der Waals surface area contributed by atoms with Crippen LogP contribution in [-0.2, 0) is 11.0 Å². The summed E-state index contributed by atoms with van der Waals surface area (Å²) in [6, 6.07) is 7.06. The molecule has 0 aliphatic rings. The Morgan fingerprint density at radius 1 is 1.00 bits per heavy atom. The monoisotopic (exact) mass is 545 g/mol. The van der Waals surface area contributed by atoms with E-state index in [9.17, 15) is 27.2 Å². The maximum Gasteiger partial charge on any atom is 0.419 e. The number of carbonyl (C=O) groups excluding carboxylic acids is 2. The molecule has 3 aromatic rings. The number of carbonyl (C=O) groups is 2. The summed E-state index contributed by atoms with van der Waals surface area (Å²) in [4.78, 5) is 36.0. The molecule has 3 N–H and O–H groups in total. The fraction of sp³-hybridized carbons (Fsp3) is 0.231. The Morgan fingerprint density at radius 3 is 2.31 bits per heavy atom. The minimum atomic E-state index is -4.86. The molecular weight excluding hydrogens is 518 g/mol. The van der Waals surface area contributed by atoms with Gasteiger partial charge in [-0.15, -0.1) is 0 Å². The molecule has 0 saturated carbocycles. The average Bonchev–Trinajstić information content (AvgIpc) is 2.88. The van der Waals surface area contributed by atoms with Crippen molar-refractivity contribution >= 4 is 46.6 Å². The van der Waals surface area contributed by atoms with Crippen molar-refractivity contribution in [3.63, 3.8) is 0 Å². The highest BCUT2D eigenvalue weighted by Gasteiger charge is 2.34. The van der Waals surface area contributed by atoms with Crippen LogP contribution in [0.25, 0.3) is 0 Å². The minimum absolute atomic E-state index is 0.0403. The van der Waals surface area contributed by atoms with E-state index in [4.69, 9.17) is 0 Å². The summed E-state index contributed by atoms with van der Waals surface area (Å²) in [6.07, 6.45) is -1.95. The van der Waals surface area contributed by atoms with Gasteiger partial charge in [-0.05, 0) is 50.5 Å². The van der Waals surface area contributed by atoms with Crippen molar-refractivity contribution in [3.8, 4) is 0 Å². The number of amides is 1. The first-order chi connectivity index (χ1) is 18.4. The zero-order valence-corrected chi connectivity index (χ0v) is 21.4. The highest BCUT2D eigenvalue weighted by molar-refractivity contribution is 6.03. The van der Waals surface area contributed by atoms with Crippen molar-refractivity contribution < 1.29 is 27.2 Å². The van der Waals surface area contributed by atoms with Crippen LogP contribution >= 0.6 is 0 Å². The van der Waals surface area contributed by atoms with Gasteiger partial charge in [-0.2, -0.15) is 13.2 Å². The molecule has 206 valence electrons. The van der Waals surface area contributed by atoms with Gasteiger partial charge in [0.15, 0.2) is 6.29 Å². The molecule has 3 rings (SSSR count). The number of benzene rings is 2. The quantitative estimate of drug-likeness (QED) is 0.175. The SMILES string of the molecule is C=CC(=O)Nc1cc(Nc2cc(Nc3ccc(F)c(C(F)(F)F)c3)ncn2)c(C=O)cc1N(C)CCN(C)C. The van der Waals surface area contributed by atoms with Crippen LogP contribution in [0.5, 0.6) is 0 Å². The van der Waals surface area contributed by atoms with E-state index < -0.39 is 23.5 Å². The van der Waals surface area contributed by atoms with E-state index in [2.05, 4.69) is 32.5 Å². The predicted molar refractivity (Wildman–Crippen MR) is 142 cm³/mol. The van der Waals surface area contributed by atoms with Gasteiger partial charge in [0.25, 0.3) is 0 Å². The molecular formula is C26H27F4N7O2. The van der Waals surface area contributed by atoms with Crippen LogP contribution in [0.3, 0.4) is 0 Å². The highest BCUT2D eigenvalue weighted by Crippen LogP contribution is 2.35. The second kappa shape index (κ2) is 12.3. The Balaban J connectivity index is 1.92. The molecule has 0 radical (unpaired) electrons. The molecule has 0 bridgehead atoms. The van der Waals surface area contributed by atoms with E-state index in [0.29, 0.717) is 42.0 Å². The molecule has 1 heterocycles. The third-order valence-electron chi connectivity index (χ3n) is 5.51. The van der Waals surface area contributed by atoms with Gasteiger partial charge in [-0.25, -0.2) is 14.4 Å². The Labute approximate surface area is 222 Å². The van der Waals surface area contributed by atoms with Crippen molar-refractivity contribution in [1.29, 1.82) is 0 Å². The molecule has 0 fully saturated rings. The number of likely N-dealkylation sites (N-methyl/N-ethyl adjacent to an activating group) is 2. The van der Waals surface area contributed by atoms with Gasteiger partial charge in [-0.3, -0.25) is 9.59 Å². The van der Waals surface area contributed by atoms with Gasteiger partial charge in [0.05, 0.1) is 22.6 Å². The summed E-state index contributed by atoms with van der Waals surface area (Å²) in [5.74, 6) is -1.54. The summed E-state index contributed by atoms with van der Waals surface area (Å²) in [7, 11) is 5.68. The third-order valence-corrected chi connectivity index (χ3v) is 5.51. The van der Waals surface area contributed by atoms with Crippen LogP contribution in [0.2, 0.25) is 0 Å². The van der Waals surface area contributed by atoms with Crippen LogP contribution in [0.15, 0.2) is 55.4 Å². The summed E-state index contributed by atoms with van der Waals surface area (Å²) in [5.41, 5.74) is 0.121. The number of nitrogens with zero attached hydrogens (tertiary/aromatic N) is 4. The molecule has 2 aromatic carbocycles. The van der Waals surface area contributed by atoms with E-state index in [1.54, 1.807) is 12.1 Å². The van der Waals surface area contributed by atoms with Crippen LogP contribution in [0, 0.1) is 5.82 Å². The van der Waals surface area contributed by atoms with Crippen molar-refractivity contribution in [2.24, 2.45) is 0 Å². The molecule has 1 aromatic heterocycles. The van der Waals surface area contributed by atoms with Crippen molar-refractivity contribution in [1.82, 2.24) is 14.9 Å². The van der Waals surface area contributed by atoms with Crippen molar-refractivity contribution in [2.75, 3.05) is 55.1 Å². The van der Waals surface area contributed by atoms with Crippen molar-refractivity contribution in [3.05, 3.63) is 72.3 Å². The molecule has 9 nitrogen and oxygen atoms in total.